The number of hydrogen-bond donors (Lipinski definition) is 2. The molecule has 1 unspecified atom stereocenters. The van der Waals surface area contributed by atoms with Crippen LogP contribution in [-0.2, 0) is 4.79 Å². The fourth-order valence-electron chi connectivity index (χ4n) is 3.11. The molecule has 1 aromatic rings. The van der Waals surface area contributed by atoms with Crippen LogP contribution in [0.1, 0.15) is 26.2 Å². The number of halogens is 3. The topological polar surface area (TPSA) is 59.6 Å². The molecule has 1 fully saturated rings. The van der Waals surface area contributed by atoms with Gasteiger partial charge in [0.1, 0.15) is 0 Å². The molecule has 1 atom stereocenters. The summed E-state index contributed by atoms with van der Waals surface area (Å²) in [7, 11) is 1.34. The third-order valence-electron chi connectivity index (χ3n) is 4.53. The minimum atomic E-state index is -4.45. The summed E-state index contributed by atoms with van der Waals surface area (Å²) in [5.74, 6) is 0.701. The molecular formula is C18H25F3N2O3. The molecule has 1 heterocycles. The minimum Gasteiger partial charge on any atom is -0.493 e. The number of benzene rings is 1. The molecule has 0 bridgehead atoms. The Hall–Kier alpha value is -1.96. The van der Waals surface area contributed by atoms with Crippen LogP contribution < -0.4 is 20.1 Å². The largest absolute Gasteiger partial charge is 0.493 e. The molecule has 0 radical (unpaired) electrons. The van der Waals surface area contributed by atoms with Crippen molar-refractivity contribution in [2.45, 2.75) is 32.4 Å². The lowest BCUT2D eigenvalue weighted by Gasteiger charge is -2.27. The van der Waals surface area contributed by atoms with E-state index in [1.807, 2.05) is 0 Å². The lowest BCUT2D eigenvalue weighted by atomic mass is 9.84. The van der Waals surface area contributed by atoms with Gasteiger partial charge >= 0.3 is 6.18 Å². The van der Waals surface area contributed by atoms with Crippen LogP contribution in [0, 0.1) is 11.8 Å². The van der Waals surface area contributed by atoms with E-state index in [0.717, 1.165) is 25.9 Å². The van der Waals surface area contributed by atoms with E-state index in [0.29, 0.717) is 18.0 Å². The second-order valence-corrected chi connectivity index (χ2v) is 6.59. The predicted octanol–water partition coefficient (Wildman–Crippen LogP) is 3.60. The molecule has 8 heteroatoms. The maximum absolute atomic E-state index is 12.4. The first-order chi connectivity index (χ1) is 12.3. The average Bonchev–Trinajstić information content (AvgIpc) is 2.60. The number of carbonyl (C=O) groups is 1. The van der Waals surface area contributed by atoms with Crippen molar-refractivity contribution >= 4 is 11.6 Å². The summed E-state index contributed by atoms with van der Waals surface area (Å²) in [6, 6.07) is 4.39. The van der Waals surface area contributed by atoms with Gasteiger partial charge in [-0.1, -0.05) is 6.92 Å². The lowest BCUT2D eigenvalue weighted by Crippen LogP contribution is -2.32. The Morgan fingerprint density at radius 1 is 1.31 bits per heavy atom. The van der Waals surface area contributed by atoms with E-state index in [1.54, 1.807) is 6.07 Å². The molecule has 0 aromatic heterocycles. The van der Waals surface area contributed by atoms with Crippen molar-refractivity contribution in [2.75, 3.05) is 32.1 Å². The first-order valence-corrected chi connectivity index (χ1v) is 8.66. The van der Waals surface area contributed by atoms with Gasteiger partial charge in [0.2, 0.25) is 5.91 Å². The van der Waals surface area contributed by atoms with Crippen LogP contribution >= 0.6 is 0 Å². The van der Waals surface area contributed by atoms with E-state index in [4.69, 9.17) is 9.47 Å². The molecule has 5 nitrogen and oxygen atoms in total. The molecule has 26 heavy (non-hydrogen) atoms. The highest BCUT2D eigenvalue weighted by atomic mass is 19.4. The van der Waals surface area contributed by atoms with Crippen molar-refractivity contribution in [1.29, 1.82) is 0 Å². The number of hydrogen-bond acceptors (Lipinski definition) is 4. The van der Waals surface area contributed by atoms with Crippen LogP contribution in [0.5, 0.6) is 11.5 Å². The second kappa shape index (κ2) is 9.12. The smallest absolute Gasteiger partial charge is 0.422 e. The number of amides is 1. The van der Waals surface area contributed by atoms with Crippen molar-refractivity contribution in [3.63, 3.8) is 0 Å². The standard InChI is InChI=1S/C18H25F3N2O3/c1-12(13-5-7-22-8-6-13)9-17(24)23-14-3-4-15(25-2)16(10-14)26-11-18(19,20)21/h3-4,10,12-13,22H,5-9,11H2,1-2H3,(H,23,24). The summed E-state index contributed by atoms with van der Waals surface area (Å²) in [5.41, 5.74) is 0.380. The fraction of sp³-hybridized carbons (Fsp3) is 0.611. The van der Waals surface area contributed by atoms with Gasteiger partial charge in [-0.05, 0) is 49.9 Å². The minimum absolute atomic E-state index is 0.0611. The third-order valence-corrected chi connectivity index (χ3v) is 4.53. The van der Waals surface area contributed by atoms with Gasteiger partial charge in [0.15, 0.2) is 18.1 Å². The maximum Gasteiger partial charge on any atom is 0.422 e. The van der Waals surface area contributed by atoms with Gasteiger partial charge in [0, 0.05) is 18.2 Å². The molecule has 0 spiro atoms. The first kappa shape index (κ1) is 20.4. The molecule has 0 aliphatic carbocycles. The van der Waals surface area contributed by atoms with E-state index in [-0.39, 0.29) is 23.3 Å². The van der Waals surface area contributed by atoms with Crippen LogP contribution in [0.4, 0.5) is 18.9 Å². The molecule has 0 saturated carbocycles. The summed E-state index contributed by atoms with van der Waals surface area (Å²) < 4.78 is 46.9. The van der Waals surface area contributed by atoms with Crippen molar-refractivity contribution in [3.05, 3.63) is 18.2 Å². The Morgan fingerprint density at radius 2 is 2.00 bits per heavy atom. The van der Waals surface area contributed by atoms with E-state index in [9.17, 15) is 18.0 Å². The lowest BCUT2D eigenvalue weighted by molar-refractivity contribution is -0.153. The van der Waals surface area contributed by atoms with Gasteiger partial charge in [-0.15, -0.1) is 0 Å². The van der Waals surface area contributed by atoms with Crippen molar-refractivity contribution < 1.29 is 27.4 Å². The third kappa shape index (κ3) is 6.40. The molecule has 1 aliphatic heterocycles. The summed E-state index contributed by atoms with van der Waals surface area (Å²) >= 11 is 0. The van der Waals surface area contributed by atoms with Gasteiger partial charge < -0.3 is 20.1 Å². The first-order valence-electron chi connectivity index (χ1n) is 8.66. The zero-order chi connectivity index (χ0) is 19.2. The van der Waals surface area contributed by atoms with E-state index in [1.165, 1.54) is 19.2 Å². The van der Waals surface area contributed by atoms with Crippen molar-refractivity contribution in [1.82, 2.24) is 5.32 Å². The Bertz CT molecular complexity index is 602. The Labute approximate surface area is 151 Å². The molecule has 146 valence electrons. The normalized spacial score (nSPS) is 16.8. The Morgan fingerprint density at radius 3 is 2.62 bits per heavy atom. The van der Waals surface area contributed by atoms with E-state index < -0.39 is 12.8 Å². The van der Waals surface area contributed by atoms with Gasteiger partial charge in [0.25, 0.3) is 0 Å². The number of rotatable bonds is 7. The molecule has 1 amide bonds. The van der Waals surface area contributed by atoms with Crippen molar-refractivity contribution in [3.8, 4) is 11.5 Å². The number of nitrogens with one attached hydrogen (secondary N) is 2. The molecule has 2 rings (SSSR count). The van der Waals surface area contributed by atoms with Crippen LogP contribution in [-0.4, -0.2) is 38.9 Å². The van der Waals surface area contributed by atoms with Crippen LogP contribution in [0.2, 0.25) is 0 Å². The summed E-state index contributed by atoms with van der Waals surface area (Å²) in [6.45, 7) is 2.57. The highest BCUT2D eigenvalue weighted by Gasteiger charge is 2.29. The predicted molar refractivity (Wildman–Crippen MR) is 92.5 cm³/mol. The van der Waals surface area contributed by atoms with Crippen LogP contribution in [0.25, 0.3) is 0 Å². The molecular weight excluding hydrogens is 349 g/mol. The highest BCUT2D eigenvalue weighted by molar-refractivity contribution is 5.91. The summed E-state index contributed by atoms with van der Waals surface area (Å²) in [6.07, 6.45) is -1.98. The van der Waals surface area contributed by atoms with Crippen LogP contribution in [0.3, 0.4) is 0 Å². The number of carbonyl (C=O) groups excluding carboxylic acids is 1. The van der Waals surface area contributed by atoms with Crippen molar-refractivity contribution in [2.24, 2.45) is 11.8 Å². The highest BCUT2D eigenvalue weighted by Crippen LogP contribution is 2.32. The molecule has 2 N–H and O–H groups in total. The monoisotopic (exact) mass is 374 g/mol. The van der Waals surface area contributed by atoms with E-state index >= 15 is 0 Å². The summed E-state index contributed by atoms with van der Waals surface area (Å²) in [5, 5.41) is 6.03. The number of ether oxygens (including phenoxy) is 2. The summed E-state index contributed by atoms with van der Waals surface area (Å²) in [4.78, 5) is 12.3. The van der Waals surface area contributed by atoms with Crippen LogP contribution in [0.15, 0.2) is 18.2 Å². The number of alkyl halides is 3. The van der Waals surface area contributed by atoms with Gasteiger partial charge in [0.05, 0.1) is 7.11 Å². The molecule has 1 saturated heterocycles. The van der Waals surface area contributed by atoms with Gasteiger partial charge in [-0.2, -0.15) is 13.2 Å². The zero-order valence-corrected chi connectivity index (χ0v) is 15.0. The maximum atomic E-state index is 12.4. The quantitative estimate of drug-likeness (QED) is 0.766. The number of anilines is 1. The van der Waals surface area contributed by atoms with E-state index in [2.05, 4.69) is 17.6 Å². The number of piperidine rings is 1. The fourth-order valence-corrected chi connectivity index (χ4v) is 3.11. The average molecular weight is 374 g/mol. The zero-order valence-electron chi connectivity index (χ0n) is 15.0. The molecule has 1 aromatic carbocycles. The van der Waals surface area contributed by atoms with Gasteiger partial charge in [-0.25, -0.2) is 0 Å². The second-order valence-electron chi connectivity index (χ2n) is 6.59. The number of methoxy groups -OCH3 is 1. The SMILES string of the molecule is COc1ccc(NC(=O)CC(C)C2CCNCC2)cc1OCC(F)(F)F. The molecule has 1 aliphatic rings. The Kier molecular flexibility index (Phi) is 7.14. The Balaban J connectivity index is 1.95. The van der Waals surface area contributed by atoms with Gasteiger partial charge in [-0.3, -0.25) is 4.79 Å².